The lowest BCUT2D eigenvalue weighted by molar-refractivity contribution is 0.561. The lowest BCUT2D eigenvalue weighted by atomic mass is 9.99. The van der Waals surface area contributed by atoms with Gasteiger partial charge in [0, 0.05) is 4.83 Å². The van der Waals surface area contributed by atoms with Crippen LogP contribution >= 0.6 is 31.9 Å². The molecule has 76 valence electrons. The molecule has 1 atom stereocenters. The van der Waals surface area contributed by atoms with Crippen molar-refractivity contribution in [1.29, 1.82) is 0 Å². The van der Waals surface area contributed by atoms with Gasteiger partial charge in [-0.3, -0.25) is 0 Å². The molecular weight excluding hydrogens is 311 g/mol. The fraction of sp³-hybridized carbons (Fsp3) is 0.455. The third-order valence-corrected chi connectivity index (χ3v) is 5.13. The van der Waals surface area contributed by atoms with Crippen molar-refractivity contribution in [2.45, 2.75) is 24.6 Å². The van der Waals surface area contributed by atoms with Gasteiger partial charge in [-0.1, -0.05) is 28.9 Å². The zero-order valence-corrected chi connectivity index (χ0v) is 11.0. The normalized spacial score (nSPS) is 20.6. The third-order valence-electron chi connectivity index (χ3n) is 2.89. The van der Waals surface area contributed by atoms with Gasteiger partial charge in [-0.15, -0.1) is 0 Å². The summed E-state index contributed by atoms with van der Waals surface area (Å²) in [6.45, 7) is 2.25. The Morgan fingerprint density at radius 2 is 2.07 bits per heavy atom. The van der Waals surface area contributed by atoms with Crippen LogP contribution in [0.5, 0.6) is 0 Å². The Kier molecular flexibility index (Phi) is 2.73. The molecule has 0 aromatic heterocycles. The molecule has 0 heterocycles. The van der Waals surface area contributed by atoms with Crippen molar-refractivity contribution >= 4 is 31.9 Å². The largest absolute Gasteiger partial charge is 0.206 e. The van der Waals surface area contributed by atoms with Gasteiger partial charge in [-0.05, 0) is 51.9 Å². The van der Waals surface area contributed by atoms with Crippen molar-refractivity contribution in [3.05, 3.63) is 34.1 Å². The molecule has 1 aliphatic carbocycles. The molecule has 1 saturated carbocycles. The summed E-state index contributed by atoms with van der Waals surface area (Å²) in [4.78, 5) is 0.340. The Hall–Kier alpha value is 0.110. The van der Waals surface area contributed by atoms with E-state index in [1.165, 1.54) is 18.9 Å². The van der Waals surface area contributed by atoms with E-state index in [9.17, 15) is 4.39 Å². The van der Waals surface area contributed by atoms with E-state index in [0.717, 1.165) is 5.56 Å². The maximum atomic E-state index is 13.0. The summed E-state index contributed by atoms with van der Waals surface area (Å²) in [5.41, 5.74) is 1.52. The fourth-order valence-corrected chi connectivity index (χ4v) is 2.66. The van der Waals surface area contributed by atoms with E-state index >= 15 is 0 Å². The fourth-order valence-electron chi connectivity index (χ4n) is 1.52. The van der Waals surface area contributed by atoms with E-state index in [1.807, 2.05) is 12.1 Å². The number of benzene rings is 1. The monoisotopic (exact) mass is 320 g/mol. The van der Waals surface area contributed by atoms with Gasteiger partial charge in [0.05, 0.1) is 4.47 Å². The molecule has 0 N–H and O–H groups in total. The number of rotatable bonds is 2. The van der Waals surface area contributed by atoms with Gasteiger partial charge in [0.2, 0.25) is 0 Å². The average Bonchev–Trinajstić information content (AvgIpc) is 2.89. The van der Waals surface area contributed by atoms with Crippen molar-refractivity contribution in [3.63, 3.8) is 0 Å². The Labute approximate surface area is 100 Å². The lowest BCUT2D eigenvalue weighted by Crippen LogP contribution is -2.03. The van der Waals surface area contributed by atoms with E-state index in [1.54, 1.807) is 0 Å². The molecule has 2 rings (SSSR count). The van der Waals surface area contributed by atoms with Gasteiger partial charge < -0.3 is 0 Å². The predicted molar refractivity (Wildman–Crippen MR) is 63.1 cm³/mol. The average molecular weight is 322 g/mol. The van der Waals surface area contributed by atoms with Crippen LogP contribution in [0.3, 0.4) is 0 Å². The summed E-state index contributed by atoms with van der Waals surface area (Å²) in [6, 6.07) is 5.22. The highest BCUT2D eigenvalue weighted by molar-refractivity contribution is 9.10. The quantitative estimate of drug-likeness (QED) is 0.685. The van der Waals surface area contributed by atoms with Gasteiger partial charge in [0.25, 0.3) is 0 Å². The summed E-state index contributed by atoms with van der Waals surface area (Å²) in [5.74, 6) is -0.200. The highest BCUT2D eigenvalue weighted by Crippen LogP contribution is 2.58. The van der Waals surface area contributed by atoms with Gasteiger partial charge in [-0.2, -0.15) is 0 Å². The molecule has 0 spiro atoms. The highest BCUT2D eigenvalue weighted by atomic mass is 79.9. The van der Waals surface area contributed by atoms with Gasteiger partial charge >= 0.3 is 0 Å². The van der Waals surface area contributed by atoms with Gasteiger partial charge in [0.1, 0.15) is 5.82 Å². The van der Waals surface area contributed by atoms with E-state index in [2.05, 4.69) is 38.8 Å². The van der Waals surface area contributed by atoms with Crippen LogP contribution in [0, 0.1) is 11.2 Å². The second kappa shape index (κ2) is 3.60. The number of alkyl halides is 1. The Morgan fingerprint density at radius 1 is 1.43 bits per heavy atom. The third kappa shape index (κ3) is 1.89. The van der Waals surface area contributed by atoms with E-state index in [-0.39, 0.29) is 5.82 Å². The van der Waals surface area contributed by atoms with Crippen LogP contribution in [0.25, 0.3) is 0 Å². The van der Waals surface area contributed by atoms with E-state index < -0.39 is 0 Å². The summed E-state index contributed by atoms with van der Waals surface area (Å²) in [5, 5.41) is 0. The molecule has 14 heavy (non-hydrogen) atoms. The smallest absolute Gasteiger partial charge is 0.137 e. The minimum Gasteiger partial charge on any atom is -0.206 e. The Balaban J connectivity index is 2.28. The highest BCUT2D eigenvalue weighted by Gasteiger charge is 2.44. The Bertz CT molecular complexity index is 358. The van der Waals surface area contributed by atoms with Gasteiger partial charge in [-0.25, -0.2) is 4.39 Å². The second-order valence-electron chi connectivity index (χ2n) is 4.19. The number of halogens is 3. The maximum Gasteiger partial charge on any atom is 0.137 e. The minimum absolute atomic E-state index is 0.200. The minimum atomic E-state index is -0.200. The van der Waals surface area contributed by atoms with Crippen LogP contribution < -0.4 is 0 Å². The molecule has 1 fully saturated rings. The first kappa shape index (κ1) is 10.6. The van der Waals surface area contributed by atoms with E-state index in [0.29, 0.717) is 14.7 Å². The SMILES string of the molecule is CC1(C(Br)c2ccc(F)c(Br)c2)CC1. The molecule has 1 aliphatic rings. The maximum absolute atomic E-state index is 13.0. The van der Waals surface area contributed by atoms with Crippen LogP contribution in [0.1, 0.15) is 30.2 Å². The predicted octanol–water partition coefficient (Wildman–Crippen LogP) is 4.82. The second-order valence-corrected chi connectivity index (χ2v) is 5.96. The van der Waals surface area contributed by atoms with Crippen LogP contribution in [0.4, 0.5) is 4.39 Å². The summed E-state index contributed by atoms with van der Waals surface area (Å²) in [7, 11) is 0. The first-order valence-corrected chi connectivity index (χ1v) is 6.33. The molecule has 0 bridgehead atoms. The summed E-state index contributed by atoms with van der Waals surface area (Å²) >= 11 is 6.89. The molecule has 1 aromatic carbocycles. The van der Waals surface area contributed by atoms with Crippen LogP contribution in [-0.2, 0) is 0 Å². The van der Waals surface area contributed by atoms with Crippen molar-refractivity contribution in [3.8, 4) is 0 Å². The van der Waals surface area contributed by atoms with Gasteiger partial charge in [0.15, 0.2) is 0 Å². The summed E-state index contributed by atoms with van der Waals surface area (Å²) < 4.78 is 13.6. The lowest BCUT2D eigenvalue weighted by Gasteiger charge is -2.17. The van der Waals surface area contributed by atoms with Crippen LogP contribution in [-0.4, -0.2) is 0 Å². The number of hydrogen-bond acceptors (Lipinski definition) is 0. The molecule has 1 aromatic rings. The first-order valence-electron chi connectivity index (χ1n) is 4.62. The molecule has 0 saturated heterocycles. The first-order chi connectivity index (χ1) is 6.53. The number of hydrogen-bond donors (Lipinski definition) is 0. The van der Waals surface area contributed by atoms with Crippen molar-refractivity contribution in [1.82, 2.24) is 0 Å². The van der Waals surface area contributed by atoms with Crippen molar-refractivity contribution in [2.24, 2.45) is 5.41 Å². The van der Waals surface area contributed by atoms with E-state index in [4.69, 9.17) is 0 Å². The Morgan fingerprint density at radius 3 is 2.57 bits per heavy atom. The zero-order chi connectivity index (χ0) is 10.3. The standard InChI is InChI=1S/C11H11Br2F/c1-11(4-5-11)10(13)7-2-3-9(14)8(12)6-7/h2-3,6,10H,4-5H2,1H3. The molecule has 1 unspecified atom stereocenters. The zero-order valence-electron chi connectivity index (χ0n) is 7.86. The van der Waals surface area contributed by atoms with Crippen molar-refractivity contribution in [2.75, 3.05) is 0 Å². The topological polar surface area (TPSA) is 0 Å². The molecule has 3 heteroatoms. The molecule has 0 aliphatic heterocycles. The van der Waals surface area contributed by atoms with Crippen LogP contribution in [0.2, 0.25) is 0 Å². The van der Waals surface area contributed by atoms with Crippen molar-refractivity contribution < 1.29 is 4.39 Å². The summed E-state index contributed by atoms with van der Waals surface area (Å²) in [6.07, 6.45) is 2.50. The molecule has 0 amide bonds. The molecular formula is C11H11Br2F. The molecule has 0 radical (unpaired) electrons. The van der Waals surface area contributed by atoms with Crippen LogP contribution in [0.15, 0.2) is 22.7 Å². The molecule has 0 nitrogen and oxygen atoms in total.